The molecule has 0 saturated carbocycles. The summed E-state index contributed by atoms with van der Waals surface area (Å²) in [6, 6.07) is 9.42. The van der Waals surface area contributed by atoms with E-state index in [4.69, 9.17) is 4.42 Å². The molecule has 3 heteroatoms. The van der Waals surface area contributed by atoms with Gasteiger partial charge in [0.1, 0.15) is 0 Å². The minimum atomic E-state index is -0.139. The Morgan fingerprint density at radius 2 is 1.82 bits per heavy atom. The number of anilines is 1. The van der Waals surface area contributed by atoms with Crippen molar-refractivity contribution in [3.8, 4) is 0 Å². The first kappa shape index (κ1) is 11.5. The molecule has 0 aliphatic rings. The summed E-state index contributed by atoms with van der Waals surface area (Å²) in [4.78, 5) is 13.7. The van der Waals surface area contributed by atoms with Gasteiger partial charge < -0.3 is 9.32 Å². The Labute approximate surface area is 101 Å². The third-order valence-corrected chi connectivity index (χ3v) is 2.63. The van der Waals surface area contributed by atoms with E-state index < -0.39 is 0 Å². The smallest absolute Gasteiger partial charge is 0.293 e. The molecule has 0 atom stereocenters. The molecule has 0 aliphatic carbocycles. The molecule has 1 amide bonds. The third kappa shape index (κ3) is 2.38. The molecule has 0 fully saturated rings. The van der Waals surface area contributed by atoms with E-state index in [1.807, 2.05) is 26.0 Å². The van der Waals surface area contributed by atoms with Crippen LogP contribution in [0.5, 0.6) is 0 Å². The highest BCUT2D eigenvalue weighted by Crippen LogP contribution is 2.19. The van der Waals surface area contributed by atoms with Gasteiger partial charge in [-0.15, -0.1) is 0 Å². The van der Waals surface area contributed by atoms with Gasteiger partial charge in [-0.05, 0) is 49.2 Å². The van der Waals surface area contributed by atoms with Crippen molar-refractivity contribution in [1.82, 2.24) is 0 Å². The van der Waals surface area contributed by atoms with E-state index in [0.29, 0.717) is 5.76 Å². The van der Waals surface area contributed by atoms with E-state index in [0.717, 1.165) is 16.8 Å². The van der Waals surface area contributed by atoms with Gasteiger partial charge in [-0.25, -0.2) is 0 Å². The van der Waals surface area contributed by atoms with Crippen molar-refractivity contribution in [1.29, 1.82) is 0 Å². The number of carbonyl (C=O) groups is 1. The topological polar surface area (TPSA) is 33.5 Å². The Balaban J connectivity index is 2.31. The van der Waals surface area contributed by atoms with Gasteiger partial charge in [0.15, 0.2) is 5.76 Å². The highest BCUT2D eigenvalue weighted by Gasteiger charge is 2.16. The maximum absolute atomic E-state index is 12.1. The van der Waals surface area contributed by atoms with Crippen LogP contribution >= 0.6 is 0 Å². The number of hydrogen-bond donors (Lipinski definition) is 0. The van der Waals surface area contributed by atoms with Crippen molar-refractivity contribution in [3.05, 3.63) is 53.5 Å². The third-order valence-electron chi connectivity index (χ3n) is 2.63. The van der Waals surface area contributed by atoms with Crippen molar-refractivity contribution >= 4 is 11.6 Å². The highest BCUT2D eigenvalue weighted by atomic mass is 16.3. The second-order valence-electron chi connectivity index (χ2n) is 4.19. The first-order valence-corrected chi connectivity index (χ1v) is 5.48. The molecule has 0 unspecified atom stereocenters. The molecule has 1 aromatic carbocycles. The summed E-state index contributed by atoms with van der Waals surface area (Å²) in [6.45, 7) is 4.03. The Morgan fingerprint density at radius 3 is 2.35 bits per heavy atom. The molecule has 0 radical (unpaired) electrons. The molecule has 2 rings (SSSR count). The Bertz CT molecular complexity index is 509. The minimum absolute atomic E-state index is 0.139. The van der Waals surface area contributed by atoms with Gasteiger partial charge in [0, 0.05) is 12.7 Å². The average molecular weight is 229 g/mol. The molecular formula is C14H15NO2. The van der Waals surface area contributed by atoms with E-state index in [9.17, 15) is 4.79 Å². The maximum Gasteiger partial charge on any atom is 0.293 e. The SMILES string of the molecule is Cc1cc(C)cc(N(C)C(=O)c2ccco2)c1. The van der Waals surface area contributed by atoms with Crippen LogP contribution < -0.4 is 4.90 Å². The minimum Gasteiger partial charge on any atom is -0.459 e. The molecule has 3 nitrogen and oxygen atoms in total. The lowest BCUT2D eigenvalue weighted by Gasteiger charge is -2.17. The van der Waals surface area contributed by atoms with Crippen LogP contribution in [0.15, 0.2) is 41.0 Å². The van der Waals surface area contributed by atoms with Crippen LogP contribution in [0.3, 0.4) is 0 Å². The zero-order valence-corrected chi connectivity index (χ0v) is 10.2. The largest absolute Gasteiger partial charge is 0.459 e. The van der Waals surface area contributed by atoms with Crippen LogP contribution in [0, 0.1) is 13.8 Å². The van der Waals surface area contributed by atoms with Crippen LogP contribution in [0.2, 0.25) is 0 Å². The molecule has 0 saturated heterocycles. The van der Waals surface area contributed by atoms with Crippen LogP contribution in [-0.2, 0) is 0 Å². The average Bonchev–Trinajstić information content (AvgIpc) is 2.79. The fraction of sp³-hybridized carbons (Fsp3) is 0.214. The molecular weight excluding hydrogens is 214 g/mol. The van der Waals surface area contributed by atoms with Gasteiger partial charge in [-0.1, -0.05) is 6.07 Å². The standard InChI is InChI=1S/C14H15NO2/c1-10-7-11(2)9-12(8-10)15(3)14(16)13-5-4-6-17-13/h4-9H,1-3H3. The van der Waals surface area contributed by atoms with E-state index >= 15 is 0 Å². The summed E-state index contributed by atoms with van der Waals surface area (Å²) in [5, 5.41) is 0. The number of carbonyl (C=O) groups excluding carboxylic acids is 1. The Kier molecular flexibility index (Phi) is 3.00. The van der Waals surface area contributed by atoms with Crippen molar-refractivity contribution in [2.45, 2.75) is 13.8 Å². The molecule has 0 spiro atoms. The summed E-state index contributed by atoms with van der Waals surface area (Å²) in [6.07, 6.45) is 1.50. The Morgan fingerprint density at radius 1 is 1.18 bits per heavy atom. The predicted octanol–water partition coefficient (Wildman–Crippen LogP) is 3.17. The summed E-state index contributed by atoms with van der Waals surface area (Å²) in [7, 11) is 1.75. The molecule has 88 valence electrons. The second kappa shape index (κ2) is 4.45. The van der Waals surface area contributed by atoms with Crippen LogP contribution in [0.1, 0.15) is 21.7 Å². The molecule has 0 bridgehead atoms. The van der Waals surface area contributed by atoms with E-state index in [1.165, 1.54) is 6.26 Å². The number of furan rings is 1. The number of aryl methyl sites for hydroxylation is 2. The normalized spacial score (nSPS) is 10.3. The first-order valence-electron chi connectivity index (χ1n) is 5.48. The van der Waals surface area contributed by atoms with E-state index in [2.05, 4.69) is 6.07 Å². The monoisotopic (exact) mass is 229 g/mol. The van der Waals surface area contributed by atoms with Gasteiger partial charge in [0.2, 0.25) is 0 Å². The number of benzene rings is 1. The zero-order chi connectivity index (χ0) is 12.4. The molecule has 0 N–H and O–H groups in total. The number of nitrogens with zero attached hydrogens (tertiary/aromatic N) is 1. The number of rotatable bonds is 2. The fourth-order valence-electron chi connectivity index (χ4n) is 1.83. The number of hydrogen-bond acceptors (Lipinski definition) is 2. The summed E-state index contributed by atoms with van der Waals surface area (Å²) in [5.74, 6) is 0.214. The molecule has 17 heavy (non-hydrogen) atoms. The van der Waals surface area contributed by atoms with Crippen LogP contribution in [0.4, 0.5) is 5.69 Å². The van der Waals surface area contributed by atoms with Gasteiger partial charge in [0.25, 0.3) is 5.91 Å². The lowest BCUT2D eigenvalue weighted by Crippen LogP contribution is -2.25. The van der Waals surface area contributed by atoms with Gasteiger partial charge in [0.05, 0.1) is 6.26 Å². The van der Waals surface area contributed by atoms with Crippen molar-refractivity contribution < 1.29 is 9.21 Å². The van der Waals surface area contributed by atoms with Crippen molar-refractivity contribution in [2.75, 3.05) is 11.9 Å². The highest BCUT2D eigenvalue weighted by molar-refractivity contribution is 6.03. The first-order chi connectivity index (χ1) is 8.08. The maximum atomic E-state index is 12.1. The van der Waals surface area contributed by atoms with Crippen LogP contribution in [0.25, 0.3) is 0 Å². The lowest BCUT2D eigenvalue weighted by molar-refractivity contribution is 0.0966. The van der Waals surface area contributed by atoms with E-state index in [1.54, 1.807) is 24.1 Å². The van der Waals surface area contributed by atoms with Crippen molar-refractivity contribution in [3.63, 3.8) is 0 Å². The summed E-state index contributed by atoms with van der Waals surface area (Å²) in [5.41, 5.74) is 3.15. The molecule has 1 heterocycles. The van der Waals surface area contributed by atoms with Gasteiger partial charge in [-0.3, -0.25) is 4.79 Å². The lowest BCUT2D eigenvalue weighted by atomic mass is 10.1. The predicted molar refractivity (Wildman–Crippen MR) is 67.4 cm³/mol. The van der Waals surface area contributed by atoms with Gasteiger partial charge in [-0.2, -0.15) is 0 Å². The fourth-order valence-corrected chi connectivity index (χ4v) is 1.83. The van der Waals surface area contributed by atoms with Gasteiger partial charge >= 0.3 is 0 Å². The van der Waals surface area contributed by atoms with Crippen molar-refractivity contribution in [2.24, 2.45) is 0 Å². The summed E-state index contributed by atoms with van der Waals surface area (Å²) >= 11 is 0. The summed E-state index contributed by atoms with van der Waals surface area (Å²) < 4.78 is 5.11. The van der Waals surface area contributed by atoms with Crippen LogP contribution in [-0.4, -0.2) is 13.0 Å². The molecule has 0 aliphatic heterocycles. The number of amides is 1. The molecule has 1 aromatic heterocycles. The second-order valence-corrected chi connectivity index (χ2v) is 4.19. The zero-order valence-electron chi connectivity index (χ0n) is 10.2. The Hall–Kier alpha value is -2.03. The van der Waals surface area contributed by atoms with E-state index in [-0.39, 0.29) is 5.91 Å². The molecule has 2 aromatic rings. The quantitative estimate of drug-likeness (QED) is 0.792.